The normalized spacial score (nSPS) is 21.7. The molecule has 0 aromatic heterocycles. The number of anilines is 2. The average Bonchev–Trinajstić information content (AvgIpc) is 3.19. The number of fused-ring (bicyclic) bond motifs is 1. The highest BCUT2D eigenvalue weighted by Gasteiger charge is 2.36. The van der Waals surface area contributed by atoms with Crippen molar-refractivity contribution in [2.75, 3.05) is 49.5 Å². The smallest absolute Gasteiger partial charge is 0.284 e. The summed E-state index contributed by atoms with van der Waals surface area (Å²) in [5.74, 6) is -0.205. The molecular weight excluding hydrogens is 383 g/mol. The van der Waals surface area contributed by atoms with Crippen LogP contribution in [0.5, 0.6) is 0 Å². The number of hydrogen-bond donors (Lipinski definition) is 3. The van der Waals surface area contributed by atoms with Gasteiger partial charge in [0.1, 0.15) is 32.0 Å². The number of benzene rings is 2. The highest BCUT2D eigenvalue weighted by atomic mass is 19.1. The summed E-state index contributed by atoms with van der Waals surface area (Å²) in [6.45, 7) is 6.58. The Hall–Kier alpha value is -2.77. The third-order valence-electron chi connectivity index (χ3n) is 6.27. The largest absolute Gasteiger partial charge is 0.321 e. The minimum absolute atomic E-state index is 0.0714. The number of nitrogens with zero attached hydrogens (tertiary/aromatic N) is 1. The summed E-state index contributed by atoms with van der Waals surface area (Å²) in [7, 11) is 0. The maximum Gasteiger partial charge on any atom is 0.284 e. The predicted octanol–water partition coefficient (Wildman–Crippen LogP) is -0.475. The molecule has 2 aliphatic heterocycles. The lowest BCUT2D eigenvalue weighted by Gasteiger charge is -2.33. The van der Waals surface area contributed by atoms with E-state index in [1.165, 1.54) is 27.5 Å². The van der Waals surface area contributed by atoms with Gasteiger partial charge in [0, 0.05) is 17.9 Å². The maximum absolute atomic E-state index is 13.1. The van der Waals surface area contributed by atoms with Crippen molar-refractivity contribution in [2.24, 2.45) is 0 Å². The Morgan fingerprint density at radius 2 is 1.77 bits per heavy atom. The van der Waals surface area contributed by atoms with Crippen LogP contribution in [0, 0.1) is 5.82 Å². The summed E-state index contributed by atoms with van der Waals surface area (Å²) in [5, 5.41) is 2.82. The molecule has 2 aromatic rings. The zero-order valence-electron chi connectivity index (χ0n) is 17.3. The van der Waals surface area contributed by atoms with Crippen LogP contribution < -0.4 is 20.0 Å². The Morgan fingerprint density at radius 1 is 1.07 bits per heavy atom. The highest BCUT2D eigenvalue weighted by molar-refractivity contribution is 5.98. The van der Waals surface area contributed by atoms with E-state index >= 15 is 0 Å². The topological polar surface area (TPSA) is 58.3 Å². The van der Waals surface area contributed by atoms with E-state index in [0.717, 1.165) is 44.8 Å². The molecule has 1 fully saturated rings. The number of carbonyl (C=O) groups is 2. The van der Waals surface area contributed by atoms with Crippen LogP contribution in [0.15, 0.2) is 48.5 Å². The van der Waals surface area contributed by atoms with Gasteiger partial charge in [0.15, 0.2) is 12.6 Å². The first kappa shape index (κ1) is 20.5. The molecule has 0 bridgehead atoms. The standard InChI is InChI=1S/C23H27FN4O2/c1-17(23(30)28-11-10-18-4-2-3-5-21(18)28)27-14-12-26(13-15-27)16-22(29)25-20-8-6-19(24)7-9-20/h2-9,17H,10-16H2,1H3,(H,25,29)/p+2/t17-/m1/s1. The van der Waals surface area contributed by atoms with Crippen molar-refractivity contribution < 1.29 is 23.8 Å². The Morgan fingerprint density at radius 3 is 2.50 bits per heavy atom. The predicted molar refractivity (Wildman–Crippen MR) is 113 cm³/mol. The molecule has 0 unspecified atom stereocenters. The van der Waals surface area contributed by atoms with E-state index < -0.39 is 0 Å². The molecule has 0 saturated carbocycles. The average molecular weight is 413 g/mol. The second kappa shape index (κ2) is 8.93. The zero-order valence-corrected chi connectivity index (χ0v) is 17.3. The number of para-hydroxylation sites is 1. The molecule has 2 aromatic carbocycles. The van der Waals surface area contributed by atoms with Crippen molar-refractivity contribution in [3.8, 4) is 0 Å². The number of carbonyl (C=O) groups excluding carboxylic acids is 2. The first-order chi connectivity index (χ1) is 14.5. The quantitative estimate of drug-likeness (QED) is 0.622. The van der Waals surface area contributed by atoms with Crippen molar-refractivity contribution in [3.63, 3.8) is 0 Å². The van der Waals surface area contributed by atoms with E-state index in [0.29, 0.717) is 12.2 Å². The molecular formula is C23H29FN4O2+2. The summed E-state index contributed by atoms with van der Waals surface area (Å²) in [5.41, 5.74) is 2.90. The van der Waals surface area contributed by atoms with Crippen molar-refractivity contribution in [1.29, 1.82) is 0 Å². The van der Waals surface area contributed by atoms with Gasteiger partial charge < -0.3 is 20.0 Å². The van der Waals surface area contributed by atoms with Crippen LogP contribution in [-0.4, -0.2) is 57.1 Å². The van der Waals surface area contributed by atoms with Gasteiger partial charge in [0.05, 0.1) is 0 Å². The van der Waals surface area contributed by atoms with Gasteiger partial charge in [-0.05, 0) is 49.2 Å². The number of rotatable bonds is 5. The number of hydrogen-bond acceptors (Lipinski definition) is 2. The van der Waals surface area contributed by atoms with Crippen molar-refractivity contribution in [3.05, 3.63) is 59.9 Å². The van der Waals surface area contributed by atoms with Gasteiger partial charge in [-0.25, -0.2) is 4.39 Å². The molecule has 2 aliphatic rings. The molecule has 0 aliphatic carbocycles. The number of quaternary nitrogens is 2. The fourth-order valence-corrected chi connectivity index (χ4v) is 4.48. The second-order valence-electron chi connectivity index (χ2n) is 8.23. The van der Waals surface area contributed by atoms with Gasteiger partial charge >= 0.3 is 0 Å². The van der Waals surface area contributed by atoms with E-state index in [1.54, 1.807) is 12.1 Å². The molecule has 2 amide bonds. The molecule has 6 nitrogen and oxygen atoms in total. The number of piperazine rings is 1. The number of nitrogens with one attached hydrogen (secondary N) is 3. The summed E-state index contributed by atoms with van der Waals surface area (Å²) < 4.78 is 13.0. The minimum Gasteiger partial charge on any atom is -0.321 e. The molecule has 0 spiro atoms. The molecule has 30 heavy (non-hydrogen) atoms. The fourth-order valence-electron chi connectivity index (χ4n) is 4.48. The van der Waals surface area contributed by atoms with Gasteiger partial charge in [-0.2, -0.15) is 0 Å². The van der Waals surface area contributed by atoms with Gasteiger partial charge in [-0.15, -0.1) is 0 Å². The van der Waals surface area contributed by atoms with Crippen LogP contribution in [0.4, 0.5) is 15.8 Å². The van der Waals surface area contributed by atoms with E-state index in [2.05, 4.69) is 11.4 Å². The van der Waals surface area contributed by atoms with E-state index in [9.17, 15) is 14.0 Å². The Balaban J connectivity index is 1.26. The van der Waals surface area contributed by atoms with Crippen molar-refractivity contribution in [1.82, 2.24) is 0 Å². The molecule has 2 heterocycles. The SMILES string of the molecule is C[C@H](C(=O)N1CCc2ccccc21)[NH+]1CC[NH+](CC(=O)Nc2ccc(F)cc2)CC1. The van der Waals surface area contributed by atoms with E-state index in [-0.39, 0.29) is 23.7 Å². The first-order valence-electron chi connectivity index (χ1n) is 10.6. The van der Waals surface area contributed by atoms with Crippen LogP contribution in [0.1, 0.15) is 12.5 Å². The summed E-state index contributed by atoms with van der Waals surface area (Å²) in [6.07, 6.45) is 0.922. The van der Waals surface area contributed by atoms with Gasteiger partial charge in [-0.1, -0.05) is 18.2 Å². The highest BCUT2D eigenvalue weighted by Crippen LogP contribution is 2.27. The summed E-state index contributed by atoms with van der Waals surface area (Å²) in [4.78, 5) is 29.8. The monoisotopic (exact) mass is 412 g/mol. The lowest BCUT2D eigenvalue weighted by molar-refractivity contribution is -1.01. The van der Waals surface area contributed by atoms with Crippen LogP contribution in [0.25, 0.3) is 0 Å². The van der Waals surface area contributed by atoms with Crippen molar-refractivity contribution in [2.45, 2.75) is 19.4 Å². The van der Waals surface area contributed by atoms with E-state index in [1.807, 2.05) is 30.0 Å². The van der Waals surface area contributed by atoms with Gasteiger partial charge in [0.2, 0.25) is 0 Å². The Labute approximate surface area is 176 Å². The number of halogens is 1. The first-order valence-corrected chi connectivity index (χ1v) is 10.6. The lowest BCUT2D eigenvalue weighted by atomic mass is 10.1. The van der Waals surface area contributed by atoms with Crippen LogP contribution >= 0.6 is 0 Å². The zero-order chi connectivity index (χ0) is 21.1. The van der Waals surface area contributed by atoms with Crippen molar-refractivity contribution >= 4 is 23.2 Å². The van der Waals surface area contributed by atoms with Crippen LogP contribution in [0.2, 0.25) is 0 Å². The molecule has 7 heteroatoms. The maximum atomic E-state index is 13.1. The van der Waals surface area contributed by atoms with Gasteiger partial charge in [-0.3, -0.25) is 9.59 Å². The fraction of sp³-hybridized carbons (Fsp3) is 0.391. The van der Waals surface area contributed by atoms with Gasteiger partial charge in [0.25, 0.3) is 11.8 Å². The third kappa shape index (κ3) is 4.52. The Bertz CT molecular complexity index is 910. The summed E-state index contributed by atoms with van der Waals surface area (Å²) in [6, 6.07) is 13.8. The number of amides is 2. The molecule has 1 saturated heterocycles. The molecule has 4 rings (SSSR count). The third-order valence-corrected chi connectivity index (χ3v) is 6.27. The molecule has 158 valence electrons. The lowest BCUT2D eigenvalue weighted by Crippen LogP contribution is -3.30. The second-order valence-corrected chi connectivity index (χ2v) is 8.23. The minimum atomic E-state index is -0.321. The Kier molecular flexibility index (Phi) is 6.11. The molecule has 3 N–H and O–H groups in total. The molecule has 1 atom stereocenters. The van der Waals surface area contributed by atoms with Crippen LogP contribution in [0.3, 0.4) is 0 Å². The molecule has 0 radical (unpaired) electrons. The van der Waals surface area contributed by atoms with E-state index in [4.69, 9.17) is 0 Å². The summed E-state index contributed by atoms with van der Waals surface area (Å²) >= 11 is 0. The van der Waals surface area contributed by atoms with Crippen LogP contribution in [-0.2, 0) is 16.0 Å².